The fourth-order valence-electron chi connectivity index (χ4n) is 5.23. The first-order chi connectivity index (χ1) is 9.45. The van der Waals surface area contributed by atoms with E-state index in [1.165, 1.54) is 58.2 Å². The molecule has 3 rings (SSSR count). The van der Waals surface area contributed by atoms with Crippen LogP contribution in [0.2, 0.25) is 0 Å². The summed E-state index contributed by atoms with van der Waals surface area (Å²) in [6.45, 7) is 11.2. The zero-order chi connectivity index (χ0) is 14.3. The highest BCUT2D eigenvalue weighted by atomic mass is 15.1. The molecule has 2 nitrogen and oxygen atoms in total. The van der Waals surface area contributed by atoms with Crippen molar-refractivity contribution in [1.82, 2.24) is 4.90 Å². The average molecular weight is 278 g/mol. The van der Waals surface area contributed by atoms with Gasteiger partial charge in [-0.15, -0.1) is 0 Å². The molecule has 3 aliphatic rings. The molecule has 2 bridgehead atoms. The van der Waals surface area contributed by atoms with E-state index in [4.69, 9.17) is 5.73 Å². The van der Waals surface area contributed by atoms with Gasteiger partial charge in [0.2, 0.25) is 0 Å². The third-order valence-corrected chi connectivity index (χ3v) is 6.67. The summed E-state index contributed by atoms with van der Waals surface area (Å²) >= 11 is 0. The van der Waals surface area contributed by atoms with E-state index < -0.39 is 0 Å². The minimum atomic E-state index is 0.485. The lowest BCUT2D eigenvalue weighted by atomic mass is 9.77. The summed E-state index contributed by atoms with van der Waals surface area (Å²) in [6.07, 6.45) is 8.50. The van der Waals surface area contributed by atoms with E-state index >= 15 is 0 Å². The van der Waals surface area contributed by atoms with Gasteiger partial charge in [0, 0.05) is 12.6 Å². The number of hydrogen-bond donors (Lipinski definition) is 1. The van der Waals surface area contributed by atoms with Gasteiger partial charge in [0.1, 0.15) is 0 Å². The number of hydrogen-bond acceptors (Lipinski definition) is 2. The van der Waals surface area contributed by atoms with Gasteiger partial charge in [-0.3, -0.25) is 0 Å². The van der Waals surface area contributed by atoms with Crippen molar-refractivity contribution < 1.29 is 0 Å². The van der Waals surface area contributed by atoms with E-state index in [-0.39, 0.29) is 0 Å². The number of likely N-dealkylation sites (tertiary alicyclic amines) is 1. The minimum absolute atomic E-state index is 0.485. The predicted molar refractivity (Wildman–Crippen MR) is 85.5 cm³/mol. The Kier molecular flexibility index (Phi) is 4.16. The summed E-state index contributed by atoms with van der Waals surface area (Å²) in [7, 11) is 0. The van der Waals surface area contributed by atoms with Crippen molar-refractivity contribution in [2.75, 3.05) is 19.6 Å². The van der Waals surface area contributed by atoms with Gasteiger partial charge in [-0.2, -0.15) is 0 Å². The van der Waals surface area contributed by atoms with Crippen LogP contribution in [0.3, 0.4) is 0 Å². The maximum atomic E-state index is 6.49. The Morgan fingerprint density at radius 2 is 1.75 bits per heavy atom. The first-order valence-electron chi connectivity index (χ1n) is 8.93. The van der Waals surface area contributed by atoms with Crippen molar-refractivity contribution in [3.05, 3.63) is 0 Å². The SMILES string of the molecule is CC(C)(C)C1CCCN(CC2C3CCC(C3)C2N)CC1. The second-order valence-corrected chi connectivity index (χ2v) is 8.87. The smallest absolute Gasteiger partial charge is 0.0111 e. The molecule has 0 radical (unpaired) electrons. The molecule has 3 fully saturated rings. The summed E-state index contributed by atoms with van der Waals surface area (Å²) in [4.78, 5) is 2.75. The van der Waals surface area contributed by atoms with Crippen molar-refractivity contribution in [3.8, 4) is 0 Å². The monoisotopic (exact) mass is 278 g/mol. The van der Waals surface area contributed by atoms with E-state index in [2.05, 4.69) is 25.7 Å². The first kappa shape index (κ1) is 14.8. The van der Waals surface area contributed by atoms with Crippen LogP contribution in [-0.2, 0) is 0 Å². The predicted octanol–water partition coefficient (Wildman–Crippen LogP) is 3.51. The number of fused-ring (bicyclic) bond motifs is 2. The van der Waals surface area contributed by atoms with Gasteiger partial charge in [-0.05, 0) is 80.7 Å². The van der Waals surface area contributed by atoms with Crippen LogP contribution in [0.1, 0.15) is 59.3 Å². The van der Waals surface area contributed by atoms with Crippen molar-refractivity contribution in [1.29, 1.82) is 0 Å². The van der Waals surface area contributed by atoms with E-state index in [9.17, 15) is 0 Å². The maximum absolute atomic E-state index is 6.49. The highest BCUT2D eigenvalue weighted by Crippen LogP contribution is 2.48. The highest BCUT2D eigenvalue weighted by molar-refractivity contribution is 5.00. The standard InChI is InChI=1S/C18H34N2/c1-18(2,3)15-5-4-9-20(10-8-15)12-16-13-6-7-14(11-13)17(16)19/h13-17H,4-12,19H2,1-3H3. The summed E-state index contributed by atoms with van der Waals surface area (Å²) in [5, 5.41) is 0. The molecule has 5 unspecified atom stereocenters. The van der Waals surface area contributed by atoms with Crippen LogP contribution in [0.4, 0.5) is 0 Å². The molecule has 5 atom stereocenters. The minimum Gasteiger partial charge on any atom is -0.327 e. The Morgan fingerprint density at radius 3 is 2.40 bits per heavy atom. The summed E-state index contributed by atoms with van der Waals surface area (Å²) < 4.78 is 0. The van der Waals surface area contributed by atoms with Crippen LogP contribution in [0, 0.1) is 29.1 Å². The Balaban J connectivity index is 1.54. The molecule has 1 aliphatic heterocycles. The molecule has 116 valence electrons. The molecule has 0 spiro atoms. The second kappa shape index (κ2) is 5.61. The van der Waals surface area contributed by atoms with Crippen LogP contribution < -0.4 is 5.73 Å². The Hall–Kier alpha value is -0.0800. The molecule has 1 saturated heterocycles. The molecule has 0 aromatic rings. The molecule has 0 amide bonds. The molecular weight excluding hydrogens is 244 g/mol. The summed E-state index contributed by atoms with van der Waals surface area (Å²) in [5.74, 6) is 3.53. The Morgan fingerprint density at radius 1 is 1.00 bits per heavy atom. The van der Waals surface area contributed by atoms with Gasteiger partial charge in [0.25, 0.3) is 0 Å². The third-order valence-electron chi connectivity index (χ3n) is 6.67. The largest absolute Gasteiger partial charge is 0.327 e. The zero-order valence-electron chi connectivity index (χ0n) is 13.8. The molecule has 2 N–H and O–H groups in total. The molecule has 0 aromatic heterocycles. The molecule has 0 aromatic carbocycles. The van der Waals surface area contributed by atoms with Crippen LogP contribution >= 0.6 is 0 Å². The molecule has 20 heavy (non-hydrogen) atoms. The molecule has 1 heterocycles. The van der Waals surface area contributed by atoms with E-state index in [1.54, 1.807) is 0 Å². The molecule has 2 aliphatic carbocycles. The van der Waals surface area contributed by atoms with Crippen LogP contribution in [0.15, 0.2) is 0 Å². The van der Waals surface area contributed by atoms with Crippen LogP contribution in [0.25, 0.3) is 0 Å². The summed E-state index contributed by atoms with van der Waals surface area (Å²) in [5.41, 5.74) is 6.98. The van der Waals surface area contributed by atoms with Crippen LogP contribution in [0.5, 0.6) is 0 Å². The fourth-order valence-corrected chi connectivity index (χ4v) is 5.23. The number of nitrogens with zero attached hydrogens (tertiary/aromatic N) is 1. The quantitative estimate of drug-likeness (QED) is 0.837. The first-order valence-corrected chi connectivity index (χ1v) is 8.93. The zero-order valence-corrected chi connectivity index (χ0v) is 13.8. The molecule has 2 heteroatoms. The Bertz CT molecular complexity index is 331. The highest BCUT2D eigenvalue weighted by Gasteiger charge is 2.46. The lowest BCUT2D eigenvalue weighted by Crippen LogP contribution is -2.43. The topological polar surface area (TPSA) is 29.3 Å². The van der Waals surface area contributed by atoms with Gasteiger partial charge in [0.05, 0.1) is 0 Å². The fraction of sp³-hybridized carbons (Fsp3) is 1.00. The van der Waals surface area contributed by atoms with E-state index in [0.717, 1.165) is 23.7 Å². The molecular formula is C18H34N2. The van der Waals surface area contributed by atoms with Gasteiger partial charge in [-0.25, -0.2) is 0 Å². The van der Waals surface area contributed by atoms with Crippen molar-refractivity contribution in [3.63, 3.8) is 0 Å². The van der Waals surface area contributed by atoms with Crippen molar-refractivity contribution in [2.45, 2.75) is 65.3 Å². The molecule has 2 saturated carbocycles. The van der Waals surface area contributed by atoms with Gasteiger partial charge in [-0.1, -0.05) is 20.8 Å². The third kappa shape index (κ3) is 2.92. The van der Waals surface area contributed by atoms with Crippen LogP contribution in [-0.4, -0.2) is 30.6 Å². The van der Waals surface area contributed by atoms with Gasteiger partial charge < -0.3 is 10.6 Å². The number of nitrogens with two attached hydrogens (primary N) is 1. The number of rotatable bonds is 2. The van der Waals surface area contributed by atoms with E-state index in [0.29, 0.717) is 11.5 Å². The lowest BCUT2D eigenvalue weighted by molar-refractivity contribution is 0.168. The second-order valence-electron chi connectivity index (χ2n) is 8.87. The van der Waals surface area contributed by atoms with Crippen molar-refractivity contribution >= 4 is 0 Å². The maximum Gasteiger partial charge on any atom is 0.0111 e. The normalized spacial score (nSPS) is 42.9. The van der Waals surface area contributed by atoms with Gasteiger partial charge in [0.15, 0.2) is 0 Å². The summed E-state index contributed by atoms with van der Waals surface area (Å²) in [6, 6.07) is 0.510. The lowest BCUT2D eigenvalue weighted by Gasteiger charge is -2.33. The Labute approximate surface area is 125 Å². The van der Waals surface area contributed by atoms with Gasteiger partial charge >= 0.3 is 0 Å². The van der Waals surface area contributed by atoms with Crippen molar-refractivity contribution in [2.24, 2.45) is 34.8 Å². The van der Waals surface area contributed by atoms with E-state index in [1.807, 2.05) is 0 Å². The average Bonchev–Trinajstić information content (AvgIpc) is 2.85.